The van der Waals surface area contributed by atoms with E-state index in [2.05, 4.69) is 10.6 Å². The van der Waals surface area contributed by atoms with Crippen LogP contribution in [-0.2, 0) is 9.59 Å². The Morgan fingerprint density at radius 1 is 1.04 bits per heavy atom. The standard InChI is InChI=1S/C17H17ClN2O3/c1-11(23-16-9-4-3-8-15(16)18)17(22)20-14-7-5-6-13(10-14)19-12(2)21/h3-11H,1-2H3,(H,19,21)(H,20,22)/t11-/m1/s1. The first-order chi connectivity index (χ1) is 11.0. The topological polar surface area (TPSA) is 67.4 Å². The number of anilines is 2. The predicted octanol–water partition coefficient (Wildman–Crippen LogP) is 3.70. The average Bonchev–Trinajstić information content (AvgIpc) is 2.49. The van der Waals surface area contributed by atoms with Crippen LogP contribution in [0.1, 0.15) is 13.8 Å². The predicted molar refractivity (Wildman–Crippen MR) is 90.9 cm³/mol. The third kappa shape index (κ3) is 5.00. The normalized spacial score (nSPS) is 11.4. The van der Waals surface area contributed by atoms with E-state index in [1.165, 1.54) is 6.92 Å². The number of para-hydroxylation sites is 1. The third-order valence-electron chi connectivity index (χ3n) is 2.96. The molecule has 2 aromatic rings. The minimum atomic E-state index is -0.723. The van der Waals surface area contributed by atoms with Gasteiger partial charge in [-0.25, -0.2) is 0 Å². The minimum absolute atomic E-state index is 0.177. The van der Waals surface area contributed by atoms with Crippen LogP contribution >= 0.6 is 11.6 Å². The molecular formula is C17H17ClN2O3. The lowest BCUT2D eigenvalue weighted by molar-refractivity contribution is -0.122. The number of carbonyl (C=O) groups is 2. The molecule has 0 aliphatic rings. The van der Waals surface area contributed by atoms with E-state index in [1.54, 1.807) is 55.5 Å². The van der Waals surface area contributed by atoms with Crippen molar-refractivity contribution in [2.75, 3.05) is 10.6 Å². The number of benzene rings is 2. The van der Waals surface area contributed by atoms with E-state index >= 15 is 0 Å². The van der Waals surface area contributed by atoms with Crippen molar-refractivity contribution < 1.29 is 14.3 Å². The van der Waals surface area contributed by atoms with Gasteiger partial charge in [0.2, 0.25) is 5.91 Å². The van der Waals surface area contributed by atoms with E-state index in [0.29, 0.717) is 22.1 Å². The Balaban J connectivity index is 2.01. The number of rotatable bonds is 5. The van der Waals surface area contributed by atoms with Gasteiger partial charge in [0, 0.05) is 18.3 Å². The number of ether oxygens (including phenoxy) is 1. The highest BCUT2D eigenvalue weighted by atomic mass is 35.5. The number of nitrogens with one attached hydrogen (secondary N) is 2. The van der Waals surface area contributed by atoms with Gasteiger partial charge in [0.15, 0.2) is 6.10 Å². The first-order valence-electron chi connectivity index (χ1n) is 7.05. The van der Waals surface area contributed by atoms with E-state index in [-0.39, 0.29) is 11.8 Å². The van der Waals surface area contributed by atoms with Crippen LogP contribution in [0.5, 0.6) is 5.75 Å². The van der Waals surface area contributed by atoms with Gasteiger partial charge in [0.1, 0.15) is 5.75 Å². The zero-order valence-corrected chi connectivity index (χ0v) is 13.6. The fourth-order valence-electron chi connectivity index (χ4n) is 1.91. The van der Waals surface area contributed by atoms with Crippen LogP contribution in [0.4, 0.5) is 11.4 Å². The number of halogens is 1. The van der Waals surface area contributed by atoms with E-state index in [1.807, 2.05) is 0 Å². The Labute approximate surface area is 139 Å². The molecule has 23 heavy (non-hydrogen) atoms. The molecule has 0 fully saturated rings. The highest BCUT2D eigenvalue weighted by molar-refractivity contribution is 6.32. The molecule has 2 aromatic carbocycles. The molecule has 1 atom stereocenters. The quantitative estimate of drug-likeness (QED) is 0.877. The zero-order valence-electron chi connectivity index (χ0n) is 12.8. The number of hydrogen-bond donors (Lipinski definition) is 2. The molecule has 2 rings (SSSR count). The second-order valence-corrected chi connectivity index (χ2v) is 5.35. The molecule has 0 aromatic heterocycles. The van der Waals surface area contributed by atoms with E-state index in [4.69, 9.17) is 16.3 Å². The molecule has 0 saturated carbocycles. The molecular weight excluding hydrogens is 316 g/mol. The van der Waals surface area contributed by atoms with Gasteiger partial charge in [-0.05, 0) is 37.3 Å². The van der Waals surface area contributed by atoms with Crippen LogP contribution < -0.4 is 15.4 Å². The van der Waals surface area contributed by atoms with Crippen LogP contribution in [0.25, 0.3) is 0 Å². The highest BCUT2D eigenvalue weighted by Crippen LogP contribution is 2.24. The molecule has 0 bridgehead atoms. The second kappa shape index (κ2) is 7.65. The lowest BCUT2D eigenvalue weighted by atomic mass is 10.2. The Kier molecular flexibility index (Phi) is 5.60. The van der Waals surface area contributed by atoms with Gasteiger partial charge in [-0.2, -0.15) is 0 Å². The largest absolute Gasteiger partial charge is 0.479 e. The van der Waals surface area contributed by atoms with Crippen molar-refractivity contribution in [1.29, 1.82) is 0 Å². The van der Waals surface area contributed by atoms with Crippen molar-refractivity contribution in [3.05, 3.63) is 53.6 Å². The molecule has 0 heterocycles. The molecule has 0 aliphatic heterocycles. The lowest BCUT2D eigenvalue weighted by Gasteiger charge is -2.16. The highest BCUT2D eigenvalue weighted by Gasteiger charge is 2.16. The van der Waals surface area contributed by atoms with Crippen molar-refractivity contribution >= 4 is 34.8 Å². The molecule has 5 nitrogen and oxygen atoms in total. The smallest absolute Gasteiger partial charge is 0.265 e. The van der Waals surface area contributed by atoms with E-state index in [0.717, 1.165) is 0 Å². The van der Waals surface area contributed by atoms with Crippen LogP contribution in [0.3, 0.4) is 0 Å². The van der Waals surface area contributed by atoms with Crippen molar-refractivity contribution in [2.45, 2.75) is 20.0 Å². The van der Waals surface area contributed by atoms with Crippen LogP contribution in [0.15, 0.2) is 48.5 Å². The molecule has 6 heteroatoms. The molecule has 0 unspecified atom stereocenters. The van der Waals surface area contributed by atoms with Gasteiger partial charge < -0.3 is 15.4 Å². The maximum absolute atomic E-state index is 12.2. The Bertz CT molecular complexity index is 718. The third-order valence-corrected chi connectivity index (χ3v) is 3.27. The van der Waals surface area contributed by atoms with Gasteiger partial charge in [-0.15, -0.1) is 0 Å². The number of hydrogen-bond acceptors (Lipinski definition) is 3. The Morgan fingerprint density at radius 2 is 1.70 bits per heavy atom. The fourth-order valence-corrected chi connectivity index (χ4v) is 2.09. The summed E-state index contributed by atoms with van der Waals surface area (Å²) in [4.78, 5) is 23.3. The Morgan fingerprint density at radius 3 is 2.35 bits per heavy atom. The monoisotopic (exact) mass is 332 g/mol. The summed E-state index contributed by atoms with van der Waals surface area (Å²) in [5.74, 6) is -0.0439. The molecule has 2 amide bonds. The van der Waals surface area contributed by atoms with Crippen LogP contribution in [0.2, 0.25) is 5.02 Å². The summed E-state index contributed by atoms with van der Waals surface area (Å²) in [6.45, 7) is 3.06. The van der Waals surface area contributed by atoms with Crippen molar-refractivity contribution in [2.24, 2.45) is 0 Å². The van der Waals surface area contributed by atoms with Crippen LogP contribution in [0, 0.1) is 0 Å². The summed E-state index contributed by atoms with van der Waals surface area (Å²) < 4.78 is 5.56. The average molecular weight is 333 g/mol. The van der Waals surface area contributed by atoms with Gasteiger partial charge in [0.05, 0.1) is 5.02 Å². The molecule has 0 aliphatic carbocycles. The lowest BCUT2D eigenvalue weighted by Crippen LogP contribution is -2.30. The maximum Gasteiger partial charge on any atom is 0.265 e. The van der Waals surface area contributed by atoms with Crippen LogP contribution in [-0.4, -0.2) is 17.9 Å². The molecule has 0 spiro atoms. The number of amides is 2. The summed E-state index contributed by atoms with van der Waals surface area (Å²) in [5.41, 5.74) is 1.17. The second-order valence-electron chi connectivity index (χ2n) is 4.94. The minimum Gasteiger partial charge on any atom is -0.479 e. The van der Waals surface area contributed by atoms with Gasteiger partial charge in [0.25, 0.3) is 5.91 Å². The summed E-state index contributed by atoms with van der Waals surface area (Å²) in [6, 6.07) is 13.8. The summed E-state index contributed by atoms with van der Waals surface area (Å²) in [6.07, 6.45) is -0.723. The molecule has 0 saturated heterocycles. The molecule has 2 N–H and O–H groups in total. The van der Waals surface area contributed by atoms with Gasteiger partial charge in [-0.1, -0.05) is 29.8 Å². The maximum atomic E-state index is 12.2. The number of carbonyl (C=O) groups excluding carboxylic acids is 2. The Hall–Kier alpha value is -2.53. The van der Waals surface area contributed by atoms with Crippen molar-refractivity contribution in [1.82, 2.24) is 0 Å². The van der Waals surface area contributed by atoms with Gasteiger partial charge >= 0.3 is 0 Å². The van der Waals surface area contributed by atoms with E-state index < -0.39 is 6.10 Å². The molecule has 0 radical (unpaired) electrons. The first-order valence-corrected chi connectivity index (χ1v) is 7.43. The zero-order chi connectivity index (χ0) is 16.8. The summed E-state index contributed by atoms with van der Waals surface area (Å²) in [5, 5.41) is 5.84. The van der Waals surface area contributed by atoms with Gasteiger partial charge in [-0.3, -0.25) is 9.59 Å². The molecule has 120 valence electrons. The van der Waals surface area contributed by atoms with E-state index in [9.17, 15) is 9.59 Å². The summed E-state index contributed by atoms with van der Waals surface area (Å²) in [7, 11) is 0. The van der Waals surface area contributed by atoms with Crippen molar-refractivity contribution in [3.8, 4) is 5.75 Å². The fraction of sp³-hybridized carbons (Fsp3) is 0.176. The summed E-state index contributed by atoms with van der Waals surface area (Å²) >= 11 is 6.01. The first kappa shape index (κ1) is 16.8. The van der Waals surface area contributed by atoms with Crippen molar-refractivity contribution in [3.63, 3.8) is 0 Å². The SMILES string of the molecule is CC(=O)Nc1cccc(NC(=O)[C@@H](C)Oc2ccccc2Cl)c1.